The predicted octanol–water partition coefficient (Wildman–Crippen LogP) is 1.85. The fourth-order valence-electron chi connectivity index (χ4n) is 2.01. The van der Waals surface area contributed by atoms with E-state index in [1.54, 1.807) is 12.1 Å². The number of hydrogen-bond acceptors (Lipinski definition) is 3. The van der Waals surface area contributed by atoms with Crippen LogP contribution in [0.5, 0.6) is 0 Å². The SMILES string of the molecule is CS(=O)(=O)NCCCn1c(CCl)nc2c(F)cccc21. The zero-order valence-corrected chi connectivity index (χ0v) is 12.5. The molecule has 0 bridgehead atoms. The highest BCUT2D eigenvalue weighted by molar-refractivity contribution is 7.88. The Balaban J connectivity index is 2.18. The molecule has 110 valence electrons. The van der Waals surface area contributed by atoms with Crippen molar-refractivity contribution < 1.29 is 12.8 Å². The molecule has 0 saturated heterocycles. The Morgan fingerprint density at radius 3 is 2.85 bits per heavy atom. The third-order valence-corrected chi connectivity index (χ3v) is 3.82. The van der Waals surface area contributed by atoms with E-state index in [1.165, 1.54) is 6.07 Å². The summed E-state index contributed by atoms with van der Waals surface area (Å²) in [7, 11) is -3.19. The predicted molar refractivity (Wildman–Crippen MR) is 76.7 cm³/mol. The molecule has 0 unspecified atom stereocenters. The van der Waals surface area contributed by atoms with Gasteiger partial charge in [-0.15, -0.1) is 11.6 Å². The maximum atomic E-state index is 13.6. The van der Waals surface area contributed by atoms with Gasteiger partial charge in [-0.3, -0.25) is 0 Å². The minimum atomic E-state index is -3.19. The molecular weight excluding hydrogens is 305 g/mol. The Morgan fingerprint density at radius 1 is 1.45 bits per heavy atom. The van der Waals surface area contributed by atoms with Crippen LogP contribution in [0.15, 0.2) is 18.2 Å². The van der Waals surface area contributed by atoms with E-state index in [9.17, 15) is 12.8 Å². The quantitative estimate of drug-likeness (QED) is 0.653. The Labute approximate surface area is 121 Å². The zero-order chi connectivity index (χ0) is 14.8. The summed E-state index contributed by atoms with van der Waals surface area (Å²) in [6.45, 7) is 0.833. The number of nitrogens with zero attached hydrogens (tertiary/aromatic N) is 2. The van der Waals surface area contributed by atoms with Crippen LogP contribution in [0, 0.1) is 5.82 Å². The van der Waals surface area contributed by atoms with E-state index in [-0.39, 0.29) is 11.7 Å². The molecule has 0 saturated carbocycles. The molecule has 8 heteroatoms. The lowest BCUT2D eigenvalue weighted by Gasteiger charge is -2.08. The summed E-state index contributed by atoms with van der Waals surface area (Å²) in [5.74, 6) is 0.362. The standard InChI is InChI=1S/C12H15ClFN3O2S/c1-20(18,19)15-6-3-7-17-10-5-2-4-9(14)12(10)16-11(17)8-13/h2,4-5,15H,3,6-8H2,1H3. The van der Waals surface area contributed by atoms with Crippen LogP contribution >= 0.6 is 11.6 Å². The van der Waals surface area contributed by atoms with E-state index >= 15 is 0 Å². The molecule has 0 spiro atoms. The fourth-order valence-corrected chi connectivity index (χ4v) is 2.73. The summed E-state index contributed by atoms with van der Waals surface area (Å²) in [4.78, 5) is 4.18. The van der Waals surface area contributed by atoms with E-state index in [0.717, 1.165) is 6.26 Å². The van der Waals surface area contributed by atoms with Crippen LogP contribution in [0.2, 0.25) is 0 Å². The number of aromatic nitrogens is 2. The fraction of sp³-hybridized carbons (Fsp3) is 0.417. The minimum Gasteiger partial charge on any atom is -0.327 e. The first kappa shape index (κ1) is 15.2. The molecule has 0 aliphatic carbocycles. The summed E-state index contributed by atoms with van der Waals surface area (Å²) >= 11 is 5.82. The maximum Gasteiger partial charge on any atom is 0.208 e. The molecule has 20 heavy (non-hydrogen) atoms. The molecule has 1 aromatic carbocycles. The third kappa shape index (κ3) is 3.47. The van der Waals surface area contributed by atoms with Crippen LogP contribution in [-0.4, -0.2) is 30.8 Å². The lowest BCUT2D eigenvalue weighted by Crippen LogP contribution is -2.24. The van der Waals surface area contributed by atoms with E-state index in [2.05, 4.69) is 9.71 Å². The first-order valence-corrected chi connectivity index (χ1v) is 8.49. The van der Waals surface area contributed by atoms with Crippen molar-refractivity contribution in [2.75, 3.05) is 12.8 Å². The number of hydrogen-bond donors (Lipinski definition) is 1. The summed E-state index contributed by atoms with van der Waals surface area (Å²) in [6, 6.07) is 4.73. The largest absolute Gasteiger partial charge is 0.327 e. The number of halogens is 2. The smallest absolute Gasteiger partial charge is 0.208 e. The van der Waals surface area contributed by atoms with Crippen LogP contribution < -0.4 is 4.72 Å². The number of sulfonamides is 1. The summed E-state index contributed by atoms with van der Waals surface area (Å²) in [5.41, 5.74) is 0.958. The molecule has 0 amide bonds. The van der Waals surface area contributed by atoms with E-state index in [0.29, 0.717) is 36.4 Å². The van der Waals surface area contributed by atoms with Crippen molar-refractivity contribution in [3.8, 4) is 0 Å². The van der Waals surface area contributed by atoms with Crippen LogP contribution in [0.25, 0.3) is 11.0 Å². The number of para-hydroxylation sites is 1. The van der Waals surface area contributed by atoms with Gasteiger partial charge in [0.25, 0.3) is 0 Å². The van der Waals surface area contributed by atoms with Gasteiger partial charge in [-0.1, -0.05) is 6.07 Å². The van der Waals surface area contributed by atoms with Crippen molar-refractivity contribution in [3.63, 3.8) is 0 Å². The minimum absolute atomic E-state index is 0.174. The molecule has 1 heterocycles. The van der Waals surface area contributed by atoms with Gasteiger partial charge in [0.15, 0.2) is 5.82 Å². The molecule has 0 atom stereocenters. The van der Waals surface area contributed by atoms with Gasteiger partial charge in [-0.25, -0.2) is 22.5 Å². The topological polar surface area (TPSA) is 64.0 Å². The normalized spacial score (nSPS) is 12.2. The number of benzene rings is 1. The molecule has 0 aliphatic rings. The third-order valence-electron chi connectivity index (χ3n) is 2.85. The number of alkyl halides is 1. The van der Waals surface area contributed by atoms with Crippen LogP contribution in [-0.2, 0) is 22.4 Å². The molecule has 2 rings (SSSR count). The second-order valence-corrected chi connectivity index (χ2v) is 6.54. The summed E-state index contributed by atoms with van der Waals surface area (Å²) in [5, 5.41) is 0. The van der Waals surface area contributed by atoms with E-state index < -0.39 is 10.0 Å². The monoisotopic (exact) mass is 319 g/mol. The van der Waals surface area contributed by atoms with Gasteiger partial charge in [0.05, 0.1) is 17.7 Å². The number of aryl methyl sites for hydroxylation is 1. The average Bonchev–Trinajstić information content (AvgIpc) is 2.73. The Morgan fingerprint density at radius 2 is 2.20 bits per heavy atom. The molecule has 5 nitrogen and oxygen atoms in total. The van der Waals surface area contributed by atoms with Gasteiger partial charge in [0.2, 0.25) is 10.0 Å². The first-order valence-electron chi connectivity index (χ1n) is 6.06. The first-order chi connectivity index (χ1) is 9.42. The Kier molecular flexibility index (Phi) is 4.62. The lowest BCUT2D eigenvalue weighted by atomic mass is 10.3. The molecule has 0 aliphatic heterocycles. The van der Waals surface area contributed by atoms with Gasteiger partial charge in [-0.2, -0.15) is 0 Å². The summed E-state index contributed by atoms with van der Waals surface area (Å²) in [6.07, 6.45) is 1.68. The second-order valence-electron chi connectivity index (χ2n) is 4.44. The Hall–Kier alpha value is -1.18. The zero-order valence-electron chi connectivity index (χ0n) is 10.9. The van der Waals surface area contributed by atoms with Crippen molar-refractivity contribution in [1.82, 2.24) is 14.3 Å². The van der Waals surface area contributed by atoms with Gasteiger partial charge in [0, 0.05) is 13.1 Å². The van der Waals surface area contributed by atoms with E-state index in [1.807, 2.05) is 4.57 Å². The van der Waals surface area contributed by atoms with Crippen LogP contribution in [0.1, 0.15) is 12.2 Å². The van der Waals surface area contributed by atoms with Crippen molar-refractivity contribution in [2.45, 2.75) is 18.8 Å². The van der Waals surface area contributed by atoms with Crippen molar-refractivity contribution in [3.05, 3.63) is 29.8 Å². The van der Waals surface area contributed by atoms with Gasteiger partial charge < -0.3 is 4.57 Å². The van der Waals surface area contributed by atoms with Crippen LogP contribution in [0.3, 0.4) is 0 Å². The molecule has 2 aromatic rings. The Bertz CT molecular complexity index is 715. The average molecular weight is 320 g/mol. The molecule has 0 fully saturated rings. The number of imidazole rings is 1. The highest BCUT2D eigenvalue weighted by atomic mass is 35.5. The molecule has 0 radical (unpaired) electrons. The van der Waals surface area contributed by atoms with Crippen molar-refractivity contribution in [1.29, 1.82) is 0 Å². The van der Waals surface area contributed by atoms with Gasteiger partial charge in [-0.05, 0) is 18.6 Å². The molecular formula is C12H15ClFN3O2S. The summed E-state index contributed by atoms with van der Waals surface area (Å²) < 4.78 is 39.8. The molecule has 1 aromatic heterocycles. The molecule has 1 N–H and O–H groups in total. The maximum absolute atomic E-state index is 13.6. The van der Waals surface area contributed by atoms with E-state index in [4.69, 9.17) is 11.6 Å². The number of rotatable bonds is 6. The lowest BCUT2D eigenvalue weighted by molar-refractivity contribution is 0.575. The van der Waals surface area contributed by atoms with Gasteiger partial charge in [0.1, 0.15) is 11.3 Å². The highest BCUT2D eigenvalue weighted by Crippen LogP contribution is 2.20. The number of fused-ring (bicyclic) bond motifs is 1. The number of nitrogens with one attached hydrogen (secondary N) is 1. The van der Waals surface area contributed by atoms with Crippen molar-refractivity contribution >= 4 is 32.7 Å². The highest BCUT2D eigenvalue weighted by Gasteiger charge is 2.12. The second kappa shape index (κ2) is 6.07. The van der Waals surface area contributed by atoms with Gasteiger partial charge >= 0.3 is 0 Å². The van der Waals surface area contributed by atoms with Crippen molar-refractivity contribution in [2.24, 2.45) is 0 Å². The van der Waals surface area contributed by atoms with Crippen LogP contribution in [0.4, 0.5) is 4.39 Å².